The smallest absolute Gasteiger partial charge is 0.303 e. The number of aliphatic carboxylic acids is 1. The standard InChI is InChI=1S/C14H26O6/c1-10-11(15)9-12(16)14(20-10)19-8-6-4-2-3-5-7-13(17)18/h10-12,14-16H,2-9H2,1H3,(H,17,18). The van der Waals surface area contributed by atoms with Crippen LogP contribution in [0.4, 0.5) is 0 Å². The van der Waals surface area contributed by atoms with Crippen LogP contribution in [-0.2, 0) is 14.3 Å². The maximum atomic E-state index is 10.3. The van der Waals surface area contributed by atoms with Crippen LogP contribution < -0.4 is 0 Å². The minimum absolute atomic E-state index is 0.235. The van der Waals surface area contributed by atoms with E-state index >= 15 is 0 Å². The van der Waals surface area contributed by atoms with Crippen LogP contribution in [0.5, 0.6) is 0 Å². The average molecular weight is 290 g/mol. The third kappa shape index (κ3) is 6.65. The van der Waals surface area contributed by atoms with E-state index in [0.717, 1.165) is 32.1 Å². The van der Waals surface area contributed by atoms with Crippen LogP contribution >= 0.6 is 0 Å². The molecule has 1 aliphatic rings. The van der Waals surface area contributed by atoms with Crippen molar-refractivity contribution in [2.45, 2.75) is 76.5 Å². The maximum absolute atomic E-state index is 10.3. The van der Waals surface area contributed by atoms with Crippen molar-refractivity contribution in [3.8, 4) is 0 Å². The second-order valence-electron chi connectivity index (χ2n) is 5.36. The highest BCUT2D eigenvalue weighted by Gasteiger charge is 2.34. The molecule has 20 heavy (non-hydrogen) atoms. The topological polar surface area (TPSA) is 96.2 Å². The molecule has 0 radical (unpaired) electrons. The maximum Gasteiger partial charge on any atom is 0.303 e. The van der Waals surface area contributed by atoms with Crippen LogP contribution in [0.25, 0.3) is 0 Å². The van der Waals surface area contributed by atoms with Gasteiger partial charge in [-0.1, -0.05) is 19.3 Å². The van der Waals surface area contributed by atoms with Crippen LogP contribution in [0.2, 0.25) is 0 Å². The third-order valence-corrected chi connectivity index (χ3v) is 3.50. The van der Waals surface area contributed by atoms with E-state index in [1.165, 1.54) is 0 Å². The highest BCUT2D eigenvalue weighted by molar-refractivity contribution is 5.66. The van der Waals surface area contributed by atoms with E-state index < -0.39 is 24.5 Å². The van der Waals surface area contributed by atoms with Crippen LogP contribution in [0.15, 0.2) is 0 Å². The Labute approximate surface area is 119 Å². The number of ether oxygens (including phenoxy) is 2. The summed E-state index contributed by atoms with van der Waals surface area (Å²) >= 11 is 0. The summed E-state index contributed by atoms with van der Waals surface area (Å²) in [6, 6.07) is 0. The van der Waals surface area contributed by atoms with E-state index in [1.54, 1.807) is 6.92 Å². The lowest BCUT2D eigenvalue weighted by atomic mass is 10.0. The lowest BCUT2D eigenvalue weighted by molar-refractivity contribution is -0.261. The van der Waals surface area contributed by atoms with Gasteiger partial charge in [-0.25, -0.2) is 0 Å². The molecule has 0 aromatic heterocycles. The summed E-state index contributed by atoms with van der Waals surface area (Å²) in [5.74, 6) is -0.743. The molecule has 4 unspecified atom stereocenters. The first-order valence-electron chi connectivity index (χ1n) is 7.35. The fraction of sp³-hybridized carbons (Fsp3) is 0.929. The van der Waals surface area contributed by atoms with Crippen molar-refractivity contribution in [3.63, 3.8) is 0 Å². The Morgan fingerprint density at radius 1 is 1.15 bits per heavy atom. The first-order valence-corrected chi connectivity index (χ1v) is 7.35. The van der Waals surface area contributed by atoms with Crippen molar-refractivity contribution in [2.75, 3.05) is 6.61 Å². The van der Waals surface area contributed by atoms with Crippen LogP contribution in [0, 0.1) is 0 Å². The molecular formula is C14H26O6. The van der Waals surface area contributed by atoms with E-state index in [9.17, 15) is 15.0 Å². The Hall–Kier alpha value is -0.690. The fourth-order valence-electron chi connectivity index (χ4n) is 2.20. The molecule has 4 atom stereocenters. The summed E-state index contributed by atoms with van der Waals surface area (Å²) in [5.41, 5.74) is 0. The molecule has 3 N–H and O–H groups in total. The molecular weight excluding hydrogens is 264 g/mol. The van der Waals surface area contributed by atoms with E-state index in [4.69, 9.17) is 14.6 Å². The Morgan fingerprint density at radius 3 is 2.50 bits per heavy atom. The Bertz CT molecular complexity index is 283. The number of hydrogen-bond acceptors (Lipinski definition) is 5. The van der Waals surface area contributed by atoms with Gasteiger partial charge in [0, 0.05) is 19.4 Å². The summed E-state index contributed by atoms with van der Waals surface area (Å²) < 4.78 is 10.9. The van der Waals surface area contributed by atoms with Crippen molar-refractivity contribution < 1.29 is 29.6 Å². The molecule has 0 aromatic rings. The largest absolute Gasteiger partial charge is 0.481 e. The monoisotopic (exact) mass is 290 g/mol. The molecule has 6 nitrogen and oxygen atoms in total. The van der Waals surface area contributed by atoms with Crippen LogP contribution in [0.3, 0.4) is 0 Å². The molecule has 1 fully saturated rings. The van der Waals surface area contributed by atoms with Gasteiger partial charge in [0.2, 0.25) is 0 Å². The quantitative estimate of drug-likeness (QED) is 0.554. The number of hydrogen-bond donors (Lipinski definition) is 3. The second-order valence-corrected chi connectivity index (χ2v) is 5.36. The summed E-state index contributed by atoms with van der Waals surface area (Å²) in [5, 5.41) is 27.7. The fourth-order valence-corrected chi connectivity index (χ4v) is 2.20. The average Bonchev–Trinajstić information content (AvgIpc) is 2.38. The molecule has 1 heterocycles. The number of carbonyl (C=O) groups is 1. The van der Waals surface area contributed by atoms with E-state index in [-0.39, 0.29) is 18.9 Å². The molecule has 6 heteroatoms. The number of unbranched alkanes of at least 4 members (excludes halogenated alkanes) is 4. The third-order valence-electron chi connectivity index (χ3n) is 3.50. The predicted molar refractivity (Wildman–Crippen MR) is 72.3 cm³/mol. The van der Waals surface area contributed by atoms with E-state index in [1.807, 2.05) is 0 Å². The molecule has 1 saturated heterocycles. The van der Waals surface area contributed by atoms with Crippen molar-refractivity contribution >= 4 is 5.97 Å². The van der Waals surface area contributed by atoms with Gasteiger partial charge in [0.15, 0.2) is 6.29 Å². The number of carboxylic acids is 1. The second kappa shape index (κ2) is 9.28. The van der Waals surface area contributed by atoms with Crippen LogP contribution in [-0.4, -0.2) is 52.5 Å². The highest BCUT2D eigenvalue weighted by atomic mass is 16.7. The van der Waals surface area contributed by atoms with Crippen LogP contribution in [0.1, 0.15) is 51.9 Å². The van der Waals surface area contributed by atoms with Gasteiger partial charge in [-0.05, 0) is 19.8 Å². The molecule has 0 aliphatic carbocycles. The molecule has 0 amide bonds. The lowest BCUT2D eigenvalue weighted by Crippen LogP contribution is -2.47. The van der Waals surface area contributed by atoms with Gasteiger partial charge in [0.25, 0.3) is 0 Å². The zero-order chi connectivity index (χ0) is 15.0. The normalized spacial score (nSPS) is 30.4. The molecule has 1 rings (SSSR count). The Morgan fingerprint density at radius 2 is 1.80 bits per heavy atom. The lowest BCUT2D eigenvalue weighted by Gasteiger charge is -2.35. The molecule has 0 bridgehead atoms. The number of carboxylic acid groups (broad SMARTS) is 1. The van der Waals surface area contributed by atoms with Gasteiger partial charge in [0.1, 0.15) is 6.10 Å². The minimum Gasteiger partial charge on any atom is -0.481 e. The van der Waals surface area contributed by atoms with Gasteiger partial charge < -0.3 is 24.8 Å². The van der Waals surface area contributed by atoms with Gasteiger partial charge >= 0.3 is 5.97 Å². The summed E-state index contributed by atoms with van der Waals surface area (Å²) in [7, 11) is 0. The number of rotatable bonds is 9. The molecule has 0 saturated carbocycles. The Kier molecular flexibility index (Phi) is 8.06. The summed E-state index contributed by atoms with van der Waals surface area (Å²) in [4.78, 5) is 10.3. The predicted octanol–water partition coefficient (Wildman–Crippen LogP) is 1.28. The number of aliphatic hydroxyl groups excluding tert-OH is 2. The van der Waals surface area contributed by atoms with Crippen molar-refractivity contribution in [1.29, 1.82) is 0 Å². The zero-order valence-electron chi connectivity index (χ0n) is 12.0. The van der Waals surface area contributed by atoms with Crippen molar-refractivity contribution in [2.24, 2.45) is 0 Å². The molecule has 1 aliphatic heterocycles. The molecule has 118 valence electrons. The first kappa shape index (κ1) is 17.4. The number of aliphatic hydroxyl groups is 2. The minimum atomic E-state index is -0.781. The zero-order valence-corrected chi connectivity index (χ0v) is 12.0. The van der Waals surface area contributed by atoms with Crippen molar-refractivity contribution in [1.82, 2.24) is 0 Å². The summed E-state index contributed by atoms with van der Waals surface area (Å²) in [6.45, 7) is 2.26. The highest BCUT2D eigenvalue weighted by Crippen LogP contribution is 2.21. The Balaban J connectivity index is 1.99. The van der Waals surface area contributed by atoms with E-state index in [0.29, 0.717) is 6.61 Å². The van der Waals surface area contributed by atoms with Gasteiger partial charge in [-0.3, -0.25) is 4.79 Å². The van der Waals surface area contributed by atoms with Gasteiger partial charge in [0.05, 0.1) is 12.2 Å². The van der Waals surface area contributed by atoms with Gasteiger partial charge in [-0.15, -0.1) is 0 Å². The van der Waals surface area contributed by atoms with Gasteiger partial charge in [-0.2, -0.15) is 0 Å². The van der Waals surface area contributed by atoms with Crippen molar-refractivity contribution in [3.05, 3.63) is 0 Å². The molecule has 0 spiro atoms. The summed E-state index contributed by atoms with van der Waals surface area (Å²) in [6.07, 6.45) is 2.57. The van der Waals surface area contributed by atoms with E-state index in [2.05, 4.69) is 0 Å². The first-order chi connectivity index (χ1) is 9.50. The molecule has 0 aromatic carbocycles. The SMILES string of the molecule is CC1OC(OCCCCCCCC(=O)O)C(O)CC1O.